The second-order valence-electron chi connectivity index (χ2n) is 7.47. The van der Waals surface area contributed by atoms with Gasteiger partial charge in [0.2, 0.25) is 11.0 Å². The summed E-state index contributed by atoms with van der Waals surface area (Å²) in [7, 11) is 3.04. The van der Waals surface area contributed by atoms with E-state index < -0.39 is 12.1 Å². The first kappa shape index (κ1) is 25.3. The van der Waals surface area contributed by atoms with Crippen LogP contribution in [0.4, 0.5) is 15.6 Å². The molecule has 0 radical (unpaired) electrons. The Labute approximate surface area is 206 Å². The molecule has 1 heterocycles. The van der Waals surface area contributed by atoms with Crippen molar-refractivity contribution in [2.75, 3.05) is 24.9 Å². The number of anilines is 2. The summed E-state index contributed by atoms with van der Waals surface area (Å²) in [6, 6.07) is 10.9. The minimum absolute atomic E-state index is 0.130. The smallest absolute Gasteiger partial charge is 0.319 e. The first-order chi connectivity index (χ1) is 16.3. The van der Waals surface area contributed by atoms with Gasteiger partial charge in [-0.15, -0.1) is 10.2 Å². The number of carbonyl (C=O) groups is 2. The second-order valence-corrected chi connectivity index (χ2v) is 8.89. The van der Waals surface area contributed by atoms with E-state index in [0.29, 0.717) is 38.8 Å². The lowest BCUT2D eigenvalue weighted by molar-refractivity contribution is -0.119. The Kier molecular flexibility index (Phi) is 8.67. The number of rotatable bonds is 9. The fourth-order valence-electron chi connectivity index (χ4n) is 3.06. The molecule has 0 fully saturated rings. The fourth-order valence-corrected chi connectivity index (χ4v) is 3.93. The Morgan fingerprint density at radius 3 is 2.26 bits per heavy atom. The van der Waals surface area contributed by atoms with Crippen LogP contribution >= 0.6 is 22.9 Å². The van der Waals surface area contributed by atoms with Gasteiger partial charge in [-0.05, 0) is 18.1 Å². The highest BCUT2D eigenvalue weighted by Crippen LogP contribution is 2.28. The van der Waals surface area contributed by atoms with Gasteiger partial charge >= 0.3 is 6.03 Å². The van der Waals surface area contributed by atoms with Gasteiger partial charge in [0.1, 0.15) is 22.5 Å². The van der Waals surface area contributed by atoms with Crippen molar-refractivity contribution in [3.63, 3.8) is 0 Å². The number of hydrogen-bond donors (Lipinski definition) is 3. The standard InChI is InChI=1S/C23H26ClN5O4S/c1-5-13(2)19(26-22(31)25-16-10-17(32-3)12-18(11-16)33-4)20(30)27-23-29-28-21(34-23)14-6-8-15(24)9-7-14/h6-13,19H,5H2,1-4H3,(H2,25,26,31)(H,27,29,30)/t13-,19-/m1/s1. The van der Waals surface area contributed by atoms with E-state index in [4.69, 9.17) is 21.1 Å². The molecule has 0 aliphatic carbocycles. The summed E-state index contributed by atoms with van der Waals surface area (Å²) in [5, 5.41) is 18.0. The van der Waals surface area contributed by atoms with Crippen LogP contribution in [0.5, 0.6) is 11.5 Å². The summed E-state index contributed by atoms with van der Waals surface area (Å²) in [4.78, 5) is 25.7. The number of halogens is 1. The van der Waals surface area contributed by atoms with Gasteiger partial charge in [0.15, 0.2) is 0 Å². The molecule has 11 heteroatoms. The molecule has 0 aliphatic heterocycles. The van der Waals surface area contributed by atoms with Crippen LogP contribution in [-0.2, 0) is 4.79 Å². The van der Waals surface area contributed by atoms with Crippen LogP contribution in [0.3, 0.4) is 0 Å². The number of ether oxygens (including phenoxy) is 2. The average Bonchev–Trinajstić information content (AvgIpc) is 3.30. The Balaban J connectivity index is 1.69. The molecule has 3 rings (SSSR count). The maximum Gasteiger partial charge on any atom is 0.319 e. The number of amides is 3. The first-order valence-electron chi connectivity index (χ1n) is 10.5. The van der Waals surface area contributed by atoms with Crippen LogP contribution in [0, 0.1) is 5.92 Å². The third kappa shape index (κ3) is 6.58. The molecule has 0 saturated carbocycles. The van der Waals surface area contributed by atoms with Gasteiger partial charge in [0.05, 0.1) is 14.2 Å². The van der Waals surface area contributed by atoms with Crippen LogP contribution in [0.2, 0.25) is 5.02 Å². The molecule has 0 unspecified atom stereocenters. The lowest BCUT2D eigenvalue weighted by Gasteiger charge is -2.23. The summed E-state index contributed by atoms with van der Waals surface area (Å²) >= 11 is 7.17. The van der Waals surface area contributed by atoms with Crippen molar-refractivity contribution in [3.05, 3.63) is 47.5 Å². The Morgan fingerprint density at radius 1 is 1.03 bits per heavy atom. The van der Waals surface area contributed by atoms with Crippen molar-refractivity contribution >= 4 is 45.7 Å². The minimum Gasteiger partial charge on any atom is -0.497 e. The zero-order chi connectivity index (χ0) is 24.7. The molecule has 2 aromatic carbocycles. The number of methoxy groups -OCH3 is 2. The number of nitrogens with zero attached hydrogens (tertiary/aromatic N) is 2. The van der Waals surface area contributed by atoms with Crippen molar-refractivity contribution in [1.82, 2.24) is 15.5 Å². The average molecular weight is 504 g/mol. The molecule has 3 N–H and O–H groups in total. The van der Waals surface area contributed by atoms with Crippen molar-refractivity contribution in [3.8, 4) is 22.1 Å². The van der Waals surface area contributed by atoms with E-state index in [2.05, 4.69) is 26.1 Å². The molecule has 3 aromatic rings. The van der Waals surface area contributed by atoms with E-state index in [1.807, 2.05) is 26.0 Å². The maximum absolute atomic E-state index is 13.0. The molecule has 0 spiro atoms. The number of aromatic nitrogens is 2. The molecule has 2 atom stereocenters. The summed E-state index contributed by atoms with van der Waals surface area (Å²) < 4.78 is 10.5. The molecular formula is C23H26ClN5O4S. The maximum atomic E-state index is 13.0. The topological polar surface area (TPSA) is 114 Å². The summed E-state index contributed by atoms with van der Waals surface area (Å²) in [6.07, 6.45) is 0.678. The van der Waals surface area contributed by atoms with Crippen LogP contribution in [-0.4, -0.2) is 42.4 Å². The predicted octanol–water partition coefficient (Wildman–Crippen LogP) is 5.05. The molecule has 1 aromatic heterocycles. The molecule has 9 nitrogen and oxygen atoms in total. The predicted molar refractivity (Wildman–Crippen MR) is 134 cm³/mol. The van der Waals surface area contributed by atoms with E-state index >= 15 is 0 Å². The van der Waals surface area contributed by atoms with E-state index in [1.54, 1.807) is 30.3 Å². The van der Waals surface area contributed by atoms with Gasteiger partial charge in [0, 0.05) is 34.5 Å². The van der Waals surface area contributed by atoms with Crippen molar-refractivity contribution < 1.29 is 19.1 Å². The Hall–Kier alpha value is -3.37. The first-order valence-corrected chi connectivity index (χ1v) is 11.7. The van der Waals surface area contributed by atoms with E-state index in [9.17, 15) is 9.59 Å². The van der Waals surface area contributed by atoms with Crippen molar-refractivity contribution in [2.45, 2.75) is 26.3 Å². The molecule has 0 bridgehead atoms. The third-order valence-electron chi connectivity index (χ3n) is 5.14. The molecule has 3 amide bonds. The Bertz CT molecular complexity index is 1120. The molecular weight excluding hydrogens is 478 g/mol. The van der Waals surface area contributed by atoms with Crippen LogP contribution < -0.4 is 25.4 Å². The number of hydrogen-bond acceptors (Lipinski definition) is 7. The monoisotopic (exact) mass is 503 g/mol. The zero-order valence-electron chi connectivity index (χ0n) is 19.2. The SMILES string of the molecule is CC[C@@H](C)[C@@H](NC(=O)Nc1cc(OC)cc(OC)c1)C(=O)Nc1nnc(-c2ccc(Cl)cc2)s1. The van der Waals surface area contributed by atoms with Crippen molar-refractivity contribution in [2.24, 2.45) is 5.92 Å². The van der Waals surface area contributed by atoms with Gasteiger partial charge < -0.3 is 20.1 Å². The second kappa shape index (κ2) is 11.7. The number of nitrogens with one attached hydrogen (secondary N) is 3. The van der Waals surface area contributed by atoms with Gasteiger partial charge in [-0.3, -0.25) is 10.1 Å². The molecule has 0 aliphatic rings. The fraction of sp³-hybridized carbons (Fsp3) is 0.304. The van der Waals surface area contributed by atoms with Gasteiger partial charge in [-0.2, -0.15) is 0 Å². The highest BCUT2D eigenvalue weighted by molar-refractivity contribution is 7.18. The normalized spacial score (nSPS) is 12.4. The van der Waals surface area contributed by atoms with Gasteiger partial charge in [-0.25, -0.2) is 4.79 Å². The number of benzene rings is 2. The molecule has 0 saturated heterocycles. The number of carbonyl (C=O) groups excluding carboxylic acids is 2. The summed E-state index contributed by atoms with van der Waals surface area (Å²) in [6.45, 7) is 3.83. The summed E-state index contributed by atoms with van der Waals surface area (Å²) in [5.74, 6) is 0.540. The highest BCUT2D eigenvalue weighted by Gasteiger charge is 2.27. The van der Waals surface area contributed by atoms with Gasteiger partial charge in [0.25, 0.3) is 0 Å². The quantitative estimate of drug-likeness (QED) is 0.376. The van der Waals surface area contributed by atoms with Crippen LogP contribution in [0.1, 0.15) is 20.3 Å². The van der Waals surface area contributed by atoms with Crippen LogP contribution in [0.25, 0.3) is 10.6 Å². The highest BCUT2D eigenvalue weighted by atomic mass is 35.5. The third-order valence-corrected chi connectivity index (χ3v) is 6.28. The summed E-state index contributed by atoms with van der Waals surface area (Å²) in [5.41, 5.74) is 1.31. The van der Waals surface area contributed by atoms with Crippen LogP contribution in [0.15, 0.2) is 42.5 Å². The number of urea groups is 1. The van der Waals surface area contributed by atoms with Gasteiger partial charge in [-0.1, -0.05) is 55.3 Å². The molecule has 180 valence electrons. The van der Waals surface area contributed by atoms with E-state index in [0.717, 1.165) is 5.56 Å². The zero-order valence-corrected chi connectivity index (χ0v) is 20.8. The van der Waals surface area contributed by atoms with E-state index in [1.165, 1.54) is 25.6 Å². The lowest BCUT2D eigenvalue weighted by Crippen LogP contribution is -2.49. The lowest BCUT2D eigenvalue weighted by atomic mass is 9.98. The minimum atomic E-state index is -0.791. The largest absolute Gasteiger partial charge is 0.497 e. The Morgan fingerprint density at radius 2 is 1.68 bits per heavy atom. The molecule has 34 heavy (non-hydrogen) atoms. The van der Waals surface area contributed by atoms with Crippen molar-refractivity contribution in [1.29, 1.82) is 0 Å². The van der Waals surface area contributed by atoms with E-state index in [-0.39, 0.29) is 11.8 Å².